The van der Waals surface area contributed by atoms with Gasteiger partial charge >= 0.3 is 0 Å². The van der Waals surface area contributed by atoms with E-state index < -0.39 is 0 Å². The van der Waals surface area contributed by atoms with Crippen molar-refractivity contribution in [1.82, 2.24) is 5.01 Å². The summed E-state index contributed by atoms with van der Waals surface area (Å²) >= 11 is 0. The molecular formula is C10H14N2. The van der Waals surface area contributed by atoms with E-state index in [1.54, 1.807) is 0 Å². The van der Waals surface area contributed by atoms with Crippen molar-refractivity contribution >= 4 is 5.71 Å². The first-order valence-corrected chi connectivity index (χ1v) is 3.98. The van der Waals surface area contributed by atoms with Crippen molar-refractivity contribution in [2.75, 3.05) is 14.1 Å². The highest BCUT2D eigenvalue weighted by Crippen LogP contribution is 2.00. The maximum absolute atomic E-state index is 4.30. The Kier molecular flexibility index (Phi) is 2.86. The summed E-state index contributed by atoms with van der Waals surface area (Å²) < 4.78 is 0. The summed E-state index contributed by atoms with van der Waals surface area (Å²) in [7, 11) is 3.85. The Balaban J connectivity index is 2.85. The Morgan fingerprint density at radius 3 is 2.25 bits per heavy atom. The van der Waals surface area contributed by atoms with Gasteiger partial charge < -0.3 is 5.01 Å². The molecule has 0 aliphatic rings. The first-order valence-electron chi connectivity index (χ1n) is 3.98. The summed E-state index contributed by atoms with van der Waals surface area (Å²) in [5, 5.41) is 6.11. The molecule has 0 fully saturated rings. The van der Waals surface area contributed by atoms with Crippen LogP contribution in [0.2, 0.25) is 0 Å². The molecule has 0 aliphatic heterocycles. The van der Waals surface area contributed by atoms with Gasteiger partial charge in [0, 0.05) is 14.1 Å². The third-order valence-corrected chi connectivity index (χ3v) is 1.54. The molecule has 0 aliphatic carbocycles. The lowest BCUT2D eigenvalue weighted by atomic mass is 10.1. The van der Waals surface area contributed by atoms with Crippen LogP contribution in [0, 0.1) is 0 Å². The van der Waals surface area contributed by atoms with Gasteiger partial charge in [-0.1, -0.05) is 30.3 Å². The molecule has 0 radical (unpaired) electrons. The smallest absolute Gasteiger partial charge is 0.0646 e. The molecule has 0 heterocycles. The van der Waals surface area contributed by atoms with E-state index in [2.05, 4.69) is 17.2 Å². The van der Waals surface area contributed by atoms with Crippen LogP contribution in [0.3, 0.4) is 0 Å². The SMILES string of the molecule is C/C(=N\N(C)C)c1ccccc1. The number of hydrogen-bond donors (Lipinski definition) is 0. The highest BCUT2D eigenvalue weighted by atomic mass is 15.4. The normalized spacial score (nSPS) is 11.4. The quantitative estimate of drug-likeness (QED) is 0.479. The summed E-state index contributed by atoms with van der Waals surface area (Å²) in [6.07, 6.45) is 0. The largest absolute Gasteiger partial charge is 0.303 e. The van der Waals surface area contributed by atoms with Crippen molar-refractivity contribution < 1.29 is 0 Å². The Bertz CT molecular complexity index is 262. The molecular weight excluding hydrogens is 148 g/mol. The summed E-state index contributed by atoms with van der Waals surface area (Å²) in [5.41, 5.74) is 2.21. The lowest BCUT2D eigenvalue weighted by Crippen LogP contribution is -2.06. The molecule has 0 atom stereocenters. The van der Waals surface area contributed by atoms with Gasteiger partial charge in [0.1, 0.15) is 0 Å². The molecule has 0 saturated carbocycles. The predicted molar refractivity (Wildman–Crippen MR) is 52.3 cm³/mol. The van der Waals surface area contributed by atoms with Crippen LogP contribution in [-0.4, -0.2) is 24.8 Å². The second-order valence-corrected chi connectivity index (χ2v) is 2.90. The standard InChI is InChI=1S/C10H14N2/c1-9(11-12(2)3)10-7-5-4-6-8-10/h4-8H,1-3H3/b11-9+. The van der Waals surface area contributed by atoms with Crippen LogP contribution in [-0.2, 0) is 0 Å². The van der Waals surface area contributed by atoms with Crippen molar-refractivity contribution in [2.24, 2.45) is 5.10 Å². The van der Waals surface area contributed by atoms with Crippen molar-refractivity contribution in [3.8, 4) is 0 Å². The van der Waals surface area contributed by atoms with Gasteiger partial charge in [-0.15, -0.1) is 0 Å². The Hall–Kier alpha value is -1.31. The molecule has 0 aromatic heterocycles. The van der Waals surface area contributed by atoms with E-state index in [0.717, 1.165) is 5.71 Å². The van der Waals surface area contributed by atoms with Crippen molar-refractivity contribution in [1.29, 1.82) is 0 Å². The molecule has 1 aromatic rings. The minimum Gasteiger partial charge on any atom is -0.303 e. The maximum atomic E-state index is 4.30. The first-order chi connectivity index (χ1) is 5.70. The van der Waals surface area contributed by atoms with Gasteiger partial charge in [-0.05, 0) is 12.5 Å². The molecule has 0 amide bonds. The van der Waals surface area contributed by atoms with Crippen molar-refractivity contribution in [3.05, 3.63) is 35.9 Å². The molecule has 0 saturated heterocycles. The van der Waals surface area contributed by atoms with E-state index >= 15 is 0 Å². The van der Waals surface area contributed by atoms with Crippen molar-refractivity contribution in [3.63, 3.8) is 0 Å². The van der Waals surface area contributed by atoms with E-state index in [1.807, 2.05) is 44.2 Å². The zero-order chi connectivity index (χ0) is 8.97. The predicted octanol–water partition coefficient (Wildman–Crippen LogP) is 1.97. The number of nitrogens with zero attached hydrogens (tertiary/aromatic N) is 2. The molecule has 2 heteroatoms. The Morgan fingerprint density at radius 1 is 1.17 bits per heavy atom. The molecule has 12 heavy (non-hydrogen) atoms. The van der Waals surface area contributed by atoms with Gasteiger partial charge in [-0.2, -0.15) is 5.10 Å². The topological polar surface area (TPSA) is 15.6 Å². The molecule has 0 spiro atoms. The van der Waals surface area contributed by atoms with E-state index in [4.69, 9.17) is 0 Å². The molecule has 0 bridgehead atoms. The van der Waals surface area contributed by atoms with Gasteiger partial charge in [-0.25, -0.2) is 0 Å². The maximum Gasteiger partial charge on any atom is 0.0646 e. The minimum atomic E-state index is 1.04. The van der Waals surface area contributed by atoms with Gasteiger partial charge in [0.05, 0.1) is 5.71 Å². The minimum absolute atomic E-state index is 1.04. The number of benzene rings is 1. The zero-order valence-electron chi connectivity index (χ0n) is 7.78. The van der Waals surface area contributed by atoms with E-state index in [0.29, 0.717) is 0 Å². The van der Waals surface area contributed by atoms with Crippen LogP contribution in [0.25, 0.3) is 0 Å². The lowest BCUT2D eigenvalue weighted by molar-refractivity contribution is 0.438. The van der Waals surface area contributed by atoms with E-state index in [9.17, 15) is 0 Å². The summed E-state index contributed by atoms with van der Waals surface area (Å²) in [4.78, 5) is 0. The fraction of sp³-hybridized carbons (Fsp3) is 0.300. The second kappa shape index (κ2) is 3.90. The fourth-order valence-corrected chi connectivity index (χ4v) is 1.04. The lowest BCUT2D eigenvalue weighted by Gasteiger charge is -2.06. The summed E-state index contributed by atoms with van der Waals surface area (Å²) in [6, 6.07) is 10.2. The van der Waals surface area contributed by atoms with Crippen molar-refractivity contribution in [2.45, 2.75) is 6.92 Å². The van der Waals surface area contributed by atoms with Crippen LogP contribution in [0.15, 0.2) is 35.4 Å². The highest BCUT2D eigenvalue weighted by molar-refractivity contribution is 5.98. The molecule has 1 rings (SSSR count). The fourth-order valence-electron chi connectivity index (χ4n) is 1.04. The highest BCUT2D eigenvalue weighted by Gasteiger charge is 1.94. The van der Waals surface area contributed by atoms with Crippen LogP contribution in [0.1, 0.15) is 12.5 Å². The van der Waals surface area contributed by atoms with Crippen LogP contribution >= 0.6 is 0 Å². The Labute approximate surface area is 73.5 Å². The third-order valence-electron chi connectivity index (χ3n) is 1.54. The van der Waals surface area contributed by atoms with Crippen LogP contribution < -0.4 is 0 Å². The number of rotatable bonds is 2. The first kappa shape index (κ1) is 8.78. The summed E-state index contributed by atoms with van der Waals surface area (Å²) in [5.74, 6) is 0. The average molecular weight is 162 g/mol. The number of hydrazone groups is 1. The average Bonchev–Trinajstić information content (AvgIpc) is 2.05. The molecule has 64 valence electrons. The van der Waals surface area contributed by atoms with Gasteiger partial charge in [0.25, 0.3) is 0 Å². The van der Waals surface area contributed by atoms with Crippen LogP contribution in [0.4, 0.5) is 0 Å². The zero-order valence-corrected chi connectivity index (χ0v) is 7.78. The molecule has 1 aromatic carbocycles. The Morgan fingerprint density at radius 2 is 1.75 bits per heavy atom. The van der Waals surface area contributed by atoms with Gasteiger partial charge in [0.15, 0.2) is 0 Å². The van der Waals surface area contributed by atoms with E-state index in [-0.39, 0.29) is 0 Å². The molecule has 0 N–H and O–H groups in total. The monoisotopic (exact) mass is 162 g/mol. The van der Waals surface area contributed by atoms with Gasteiger partial charge in [-0.3, -0.25) is 0 Å². The summed E-state index contributed by atoms with van der Waals surface area (Å²) in [6.45, 7) is 2.01. The van der Waals surface area contributed by atoms with Gasteiger partial charge in [0.2, 0.25) is 0 Å². The van der Waals surface area contributed by atoms with E-state index in [1.165, 1.54) is 5.56 Å². The molecule has 2 nitrogen and oxygen atoms in total. The van der Waals surface area contributed by atoms with Crippen LogP contribution in [0.5, 0.6) is 0 Å². The molecule has 0 unspecified atom stereocenters. The third kappa shape index (κ3) is 2.38. The number of hydrogen-bond acceptors (Lipinski definition) is 2. The second-order valence-electron chi connectivity index (χ2n) is 2.90.